The number of para-hydroxylation sites is 3. The summed E-state index contributed by atoms with van der Waals surface area (Å²) in [5.74, 6) is 1.91. The van der Waals surface area contributed by atoms with Crippen LogP contribution < -0.4 is 4.74 Å². The number of aromatic nitrogens is 2. The number of hydrogen-bond acceptors (Lipinski definition) is 3. The lowest BCUT2D eigenvalue weighted by atomic mass is 10.1. The number of ether oxygens (including phenoxy) is 1. The van der Waals surface area contributed by atoms with Gasteiger partial charge >= 0.3 is 0 Å². The zero-order valence-corrected chi connectivity index (χ0v) is 16.5. The summed E-state index contributed by atoms with van der Waals surface area (Å²) in [6.45, 7) is 4.91. The summed E-state index contributed by atoms with van der Waals surface area (Å²) < 4.78 is 7.77. The molecule has 2 aromatic carbocycles. The molecule has 1 N–H and O–H groups in total. The summed E-state index contributed by atoms with van der Waals surface area (Å²) >= 11 is 6.09. The normalized spacial score (nSPS) is 13.2. The van der Waals surface area contributed by atoms with E-state index in [0.29, 0.717) is 23.2 Å². The quantitative estimate of drug-likeness (QED) is 0.608. The van der Waals surface area contributed by atoms with E-state index in [-0.39, 0.29) is 19.0 Å². The lowest BCUT2D eigenvalue weighted by Gasteiger charge is -2.18. The standard InChI is InChI=1S/C20H23ClN2O2.ClH/c1-3-14(2)20-22-17-9-5-6-10-18(17)23(20)12-15(24)13-25-19-11-7-4-8-16(19)21;/h4-11,14-15,24H,3,12-13H2,1-2H3;1H. The van der Waals surface area contributed by atoms with Crippen molar-refractivity contribution in [3.63, 3.8) is 0 Å². The number of rotatable bonds is 7. The van der Waals surface area contributed by atoms with Crippen LogP contribution in [0.15, 0.2) is 48.5 Å². The van der Waals surface area contributed by atoms with Gasteiger partial charge in [-0.05, 0) is 30.7 Å². The van der Waals surface area contributed by atoms with Gasteiger partial charge in [0, 0.05) is 5.92 Å². The Bertz CT molecular complexity index is 851. The van der Waals surface area contributed by atoms with Gasteiger partial charge in [0.05, 0.1) is 22.6 Å². The molecule has 3 rings (SSSR count). The van der Waals surface area contributed by atoms with Crippen LogP contribution in [0.3, 0.4) is 0 Å². The molecule has 2 atom stereocenters. The summed E-state index contributed by atoms with van der Waals surface area (Å²) in [4.78, 5) is 4.76. The second-order valence-corrected chi connectivity index (χ2v) is 6.68. The van der Waals surface area contributed by atoms with Crippen LogP contribution in [0.5, 0.6) is 5.75 Å². The van der Waals surface area contributed by atoms with Crippen LogP contribution in [-0.4, -0.2) is 27.4 Å². The van der Waals surface area contributed by atoms with Gasteiger partial charge in [0.15, 0.2) is 0 Å². The van der Waals surface area contributed by atoms with Gasteiger partial charge in [-0.3, -0.25) is 0 Å². The van der Waals surface area contributed by atoms with E-state index in [4.69, 9.17) is 21.3 Å². The van der Waals surface area contributed by atoms with E-state index in [1.165, 1.54) is 0 Å². The van der Waals surface area contributed by atoms with E-state index in [1.54, 1.807) is 12.1 Å². The Kier molecular flexibility index (Phi) is 7.33. The van der Waals surface area contributed by atoms with Gasteiger partial charge in [-0.1, -0.05) is 49.7 Å². The Morgan fingerprint density at radius 3 is 2.58 bits per heavy atom. The number of fused-ring (bicyclic) bond motifs is 1. The SMILES string of the molecule is CCC(C)c1nc2ccccc2n1CC(O)COc1ccccc1Cl.Cl. The van der Waals surface area contributed by atoms with Crippen molar-refractivity contribution in [3.05, 3.63) is 59.4 Å². The van der Waals surface area contributed by atoms with E-state index in [9.17, 15) is 5.11 Å². The minimum absolute atomic E-state index is 0. The molecule has 0 amide bonds. The molecule has 0 spiro atoms. The molecule has 6 heteroatoms. The lowest BCUT2D eigenvalue weighted by Crippen LogP contribution is -2.25. The van der Waals surface area contributed by atoms with Crippen molar-refractivity contribution in [1.29, 1.82) is 0 Å². The third kappa shape index (κ3) is 4.50. The molecule has 4 nitrogen and oxygen atoms in total. The molecule has 0 saturated heterocycles. The van der Waals surface area contributed by atoms with E-state index in [2.05, 4.69) is 18.4 Å². The van der Waals surface area contributed by atoms with Crippen LogP contribution in [0.1, 0.15) is 32.0 Å². The Morgan fingerprint density at radius 1 is 1.15 bits per heavy atom. The fraction of sp³-hybridized carbons (Fsp3) is 0.350. The van der Waals surface area contributed by atoms with Crippen LogP contribution in [0.2, 0.25) is 5.02 Å². The highest BCUT2D eigenvalue weighted by atomic mass is 35.5. The fourth-order valence-electron chi connectivity index (χ4n) is 2.86. The average molecular weight is 395 g/mol. The summed E-state index contributed by atoms with van der Waals surface area (Å²) in [7, 11) is 0. The number of imidazole rings is 1. The molecule has 26 heavy (non-hydrogen) atoms. The molecule has 1 heterocycles. The predicted octanol–water partition coefficient (Wildman–Crippen LogP) is 5.06. The van der Waals surface area contributed by atoms with Crippen LogP contribution in [0.25, 0.3) is 11.0 Å². The first-order chi connectivity index (χ1) is 12.1. The summed E-state index contributed by atoms with van der Waals surface area (Å²) in [5.41, 5.74) is 1.99. The van der Waals surface area contributed by atoms with E-state index in [0.717, 1.165) is 23.3 Å². The van der Waals surface area contributed by atoms with Crippen LogP contribution in [0.4, 0.5) is 0 Å². The van der Waals surface area contributed by atoms with Crippen molar-refractivity contribution in [2.75, 3.05) is 6.61 Å². The van der Waals surface area contributed by atoms with Gasteiger partial charge in [-0.15, -0.1) is 12.4 Å². The Morgan fingerprint density at radius 2 is 1.85 bits per heavy atom. The van der Waals surface area contributed by atoms with Gasteiger partial charge in [0.25, 0.3) is 0 Å². The maximum atomic E-state index is 10.5. The second-order valence-electron chi connectivity index (χ2n) is 6.27. The minimum atomic E-state index is -0.656. The number of aliphatic hydroxyl groups is 1. The van der Waals surface area contributed by atoms with E-state index >= 15 is 0 Å². The van der Waals surface area contributed by atoms with Crippen LogP contribution in [0, 0.1) is 0 Å². The molecule has 140 valence electrons. The molecule has 0 radical (unpaired) electrons. The van der Waals surface area contributed by atoms with Crippen molar-refractivity contribution >= 4 is 35.0 Å². The molecule has 0 fully saturated rings. The highest BCUT2D eigenvalue weighted by molar-refractivity contribution is 6.32. The lowest BCUT2D eigenvalue weighted by molar-refractivity contribution is 0.0925. The van der Waals surface area contributed by atoms with Crippen LogP contribution in [-0.2, 0) is 6.54 Å². The van der Waals surface area contributed by atoms with Gasteiger partial charge in [0.2, 0.25) is 0 Å². The number of halogens is 2. The van der Waals surface area contributed by atoms with Crippen molar-refractivity contribution in [2.45, 2.75) is 38.8 Å². The zero-order valence-electron chi connectivity index (χ0n) is 14.9. The molecule has 0 bridgehead atoms. The number of aliphatic hydroxyl groups excluding tert-OH is 1. The summed E-state index contributed by atoms with van der Waals surface area (Å²) in [6.07, 6.45) is 0.340. The van der Waals surface area contributed by atoms with Crippen molar-refractivity contribution in [3.8, 4) is 5.75 Å². The number of benzene rings is 2. The third-order valence-electron chi connectivity index (χ3n) is 4.40. The monoisotopic (exact) mass is 394 g/mol. The highest BCUT2D eigenvalue weighted by Gasteiger charge is 2.18. The first-order valence-electron chi connectivity index (χ1n) is 8.60. The maximum absolute atomic E-state index is 10.5. The summed E-state index contributed by atoms with van der Waals surface area (Å²) in [5, 5.41) is 11.0. The van der Waals surface area contributed by atoms with Crippen LogP contribution >= 0.6 is 24.0 Å². The maximum Gasteiger partial charge on any atom is 0.138 e. The number of nitrogens with zero attached hydrogens (tertiary/aromatic N) is 2. The molecular weight excluding hydrogens is 371 g/mol. The Balaban J connectivity index is 0.00000243. The van der Waals surface area contributed by atoms with Crippen molar-refractivity contribution in [1.82, 2.24) is 9.55 Å². The van der Waals surface area contributed by atoms with Gasteiger partial charge in [0.1, 0.15) is 24.3 Å². The molecule has 0 aliphatic heterocycles. The third-order valence-corrected chi connectivity index (χ3v) is 4.71. The zero-order chi connectivity index (χ0) is 17.8. The molecule has 3 aromatic rings. The smallest absolute Gasteiger partial charge is 0.138 e. The molecule has 0 aliphatic carbocycles. The predicted molar refractivity (Wildman–Crippen MR) is 109 cm³/mol. The molecular formula is C20H24Cl2N2O2. The van der Waals surface area contributed by atoms with Crippen molar-refractivity contribution < 1.29 is 9.84 Å². The summed E-state index contributed by atoms with van der Waals surface area (Å²) in [6, 6.07) is 15.3. The topological polar surface area (TPSA) is 47.3 Å². The Hall–Kier alpha value is -1.75. The van der Waals surface area contributed by atoms with Gasteiger partial charge < -0.3 is 14.4 Å². The highest BCUT2D eigenvalue weighted by Crippen LogP contribution is 2.25. The first-order valence-corrected chi connectivity index (χ1v) is 8.98. The Labute approximate surface area is 165 Å². The molecule has 0 aliphatic rings. The largest absolute Gasteiger partial charge is 0.489 e. The van der Waals surface area contributed by atoms with Crippen molar-refractivity contribution in [2.24, 2.45) is 0 Å². The molecule has 1 aromatic heterocycles. The van der Waals surface area contributed by atoms with Gasteiger partial charge in [-0.2, -0.15) is 0 Å². The van der Waals surface area contributed by atoms with E-state index < -0.39 is 6.10 Å². The second kappa shape index (κ2) is 9.26. The average Bonchev–Trinajstić information content (AvgIpc) is 2.99. The first kappa shape index (κ1) is 20.6. The minimum Gasteiger partial charge on any atom is -0.489 e. The van der Waals surface area contributed by atoms with Gasteiger partial charge in [-0.25, -0.2) is 4.98 Å². The number of hydrogen-bond donors (Lipinski definition) is 1. The molecule has 2 unspecified atom stereocenters. The molecule has 0 saturated carbocycles. The fourth-order valence-corrected chi connectivity index (χ4v) is 3.05. The van der Waals surface area contributed by atoms with E-state index in [1.807, 2.05) is 36.4 Å².